The highest BCUT2D eigenvalue weighted by Gasteiger charge is 2.18. The summed E-state index contributed by atoms with van der Waals surface area (Å²) in [4.78, 5) is 4.57. The predicted octanol–water partition coefficient (Wildman–Crippen LogP) is 4.91. The molecule has 0 saturated carbocycles. The van der Waals surface area contributed by atoms with Gasteiger partial charge in [-0.3, -0.25) is 4.98 Å². The van der Waals surface area contributed by atoms with Crippen LogP contribution >= 0.6 is 38.5 Å². The number of halogens is 2. The molecule has 0 aliphatic heterocycles. The van der Waals surface area contributed by atoms with Crippen LogP contribution in [0, 0.1) is 3.57 Å². The molecule has 0 bridgehead atoms. The van der Waals surface area contributed by atoms with E-state index < -0.39 is 0 Å². The van der Waals surface area contributed by atoms with Gasteiger partial charge in [-0.05, 0) is 65.0 Å². The van der Waals surface area contributed by atoms with Gasteiger partial charge in [-0.2, -0.15) is 0 Å². The number of nitrogens with one attached hydrogen (secondary N) is 1. The molecule has 1 heterocycles. The first-order valence-corrected chi connectivity index (χ1v) is 8.53. The lowest BCUT2D eigenvalue weighted by Gasteiger charge is -2.20. The lowest BCUT2D eigenvalue weighted by Crippen LogP contribution is -2.19. The molecule has 106 valence electrons. The van der Waals surface area contributed by atoms with Crippen molar-refractivity contribution in [3.05, 3.63) is 73.9 Å². The van der Waals surface area contributed by atoms with Crippen molar-refractivity contribution < 1.29 is 0 Å². The predicted molar refractivity (Wildman–Crippen MR) is 99.5 cm³/mol. The van der Waals surface area contributed by atoms with Gasteiger partial charge in [-0.1, -0.05) is 40.2 Å². The molecule has 2 nitrogen and oxygen atoms in total. The first-order valence-electron chi connectivity index (χ1n) is 6.66. The number of benzene rings is 2. The standard InChI is InChI=1S/C17H14BrIN2/c1-20-17(14-10-12(18)7-8-15(14)19)13-6-2-4-11-5-3-9-21-16(11)13/h2-10,17,20H,1H3. The Hall–Kier alpha value is -0.980. The summed E-state index contributed by atoms with van der Waals surface area (Å²) in [5.41, 5.74) is 3.51. The number of hydrogen-bond donors (Lipinski definition) is 1. The van der Waals surface area contributed by atoms with Gasteiger partial charge in [-0.15, -0.1) is 0 Å². The van der Waals surface area contributed by atoms with E-state index in [9.17, 15) is 0 Å². The number of fused-ring (bicyclic) bond motifs is 1. The van der Waals surface area contributed by atoms with E-state index >= 15 is 0 Å². The summed E-state index contributed by atoms with van der Waals surface area (Å²) in [6.07, 6.45) is 1.85. The van der Waals surface area contributed by atoms with Crippen LogP contribution in [0.4, 0.5) is 0 Å². The largest absolute Gasteiger partial charge is 0.309 e. The van der Waals surface area contributed by atoms with Crippen molar-refractivity contribution in [2.75, 3.05) is 7.05 Å². The Morgan fingerprint density at radius 1 is 1.10 bits per heavy atom. The van der Waals surface area contributed by atoms with Gasteiger partial charge in [0.25, 0.3) is 0 Å². The monoisotopic (exact) mass is 452 g/mol. The van der Waals surface area contributed by atoms with E-state index in [1.807, 2.05) is 19.3 Å². The number of rotatable bonds is 3. The second kappa shape index (κ2) is 6.42. The molecule has 21 heavy (non-hydrogen) atoms. The average molecular weight is 453 g/mol. The van der Waals surface area contributed by atoms with E-state index in [4.69, 9.17) is 0 Å². The Labute approximate surface area is 146 Å². The topological polar surface area (TPSA) is 24.9 Å². The Morgan fingerprint density at radius 2 is 1.90 bits per heavy atom. The molecule has 0 radical (unpaired) electrons. The maximum absolute atomic E-state index is 4.57. The molecule has 0 fully saturated rings. The van der Waals surface area contributed by atoms with Gasteiger partial charge < -0.3 is 5.32 Å². The molecule has 3 aromatic rings. The van der Waals surface area contributed by atoms with Crippen LogP contribution in [0.5, 0.6) is 0 Å². The van der Waals surface area contributed by atoms with E-state index in [-0.39, 0.29) is 6.04 Å². The van der Waals surface area contributed by atoms with Crippen LogP contribution in [-0.2, 0) is 0 Å². The van der Waals surface area contributed by atoms with Gasteiger partial charge in [0, 0.05) is 19.6 Å². The zero-order chi connectivity index (χ0) is 14.8. The number of pyridine rings is 1. The molecule has 1 N–H and O–H groups in total. The van der Waals surface area contributed by atoms with Crippen LogP contribution in [-0.4, -0.2) is 12.0 Å². The van der Waals surface area contributed by atoms with E-state index in [1.54, 1.807) is 0 Å². The maximum atomic E-state index is 4.57. The number of hydrogen-bond acceptors (Lipinski definition) is 2. The van der Waals surface area contributed by atoms with Crippen LogP contribution in [0.1, 0.15) is 17.2 Å². The molecule has 0 spiro atoms. The van der Waals surface area contributed by atoms with Gasteiger partial charge >= 0.3 is 0 Å². The smallest absolute Gasteiger partial charge is 0.0753 e. The fraction of sp³-hybridized carbons (Fsp3) is 0.118. The lowest BCUT2D eigenvalue weighted by molar-refractivity contribution is 0.692. The number of aromatic nitrogens is 1. The van der Waals surface area contributed by atoms with Crippen molar-refractivity contribution in [2.45, 2.75) is 6.04 Å². The summed E-state index contributed by atoms with van der Waals surface area (Å²) in [5, 5.41) is 4.60. The molecule has 1 aromatic heterocycles. The van der Waals surface area contributed by atoms with Crippen molar-refractivity contribution in [1.29, 1.82) is 0 Å². The zero-order valence-corrected chi connectivity index (χ0v) is 15.2. The van der Waals surface area contributed by atoms with Gasteiger partial charge in [0.15, 0.2) is 0 Å². The zero-order valence-electron chi connectivity index (χ0n) is 11.5. The van der Waals surface area contributed by atoms with Crippen molar-refractivity contribution in [3.63, 3.8) is 0 Å². The normalized spacial score (nSPS) is 12.5. The third-order valence-corrected chi connectivity index (χ3v) is 5.01. The second-order valence-corrected chi connectivity index (χ2v) is 6.89. The molecule has 4 heteroatoms. The Kier molecular flexibility index (Phi) is 4.57. The van der Waals surface area contributed by atoms with Crippen LogP contribution < -0.4 is 5.32 Å². The van der Waals surface area contributed by atoms with E-state index in [0.717, 1.165) is 9.99 Å². The second-order valence-electron chi connectivity index (χ2n) is 4.81. The number of para-hydroxylation sites is 1. The van der Waals surface area contributed by atoms with E-state index in [0.29, 0.717) is 0 Å². The van der Waals surface area contributed by atoms with Crippen molar-refractivity contribution in [2.24, 2.45) is 0 Å². The third kappa shape index (κ3) is 2.98. The molecule has 2 aromatic carbocycles. The molecule has 1 atom stereocenters. The summed E-state index contributed by atoms with van der Waals surface area (Å²) < 4.78 is 2.33. The van der Waals surface area contributed by atoms with Crippen molar-refractivity contribution >= 4 is 49.4 Å². The van der Waals surface area contributed by atoms with Gasteiger partial charge in [0.1, 0.15) is 0 Å². The molecule has 0 amide bonds. The van der Waals surface area contributed by atoms with Crippen molar-refractivity contribution in [1.82, 2.24) is 10.3 Å². The molecule has 0 saturated heterocycles. The molecular formula is C17H14BrIN2. The van der Waals surface area contributed by atoms with E-state index in [2.05, 4.69) is 91.3 Å². The highest BCUT2D eigenvalue weighted by molar-refractivity contribution is 14.1. The maximum Gasteiger partial charge on any atom is 0.0753 e. The Bertz CT molecular complexity index is 783. The molecule has 1 unspecified atom stereocenters. The van der Waals surface area contributed by atoms with Crippen LogP contribution in [0.3, 0.4) is 0 Å². The highest BCUT2D eigenvalue weighted by Crippen LogP contribution is 2.31. The molecule has 3 rings (SSSR count). The van der Waals surface area contributed by atoms with Crippen LogP contribution in [0.2, 0.25) is 0 Å². The van der Waals surface area contributed by atoms with Gasteiger partial charge in [0.05, 0.1) is 11.6 Å². The minimum absolute atomic E-state index is 0.119. The summed E-state index contributed by atoms with van der Waals surface area (Å²) in [5.74, 6) is 0. The van der Waals surface area contributed by atoms with Gasteiger partial charge in [-0.25, -0.2) is 0 Å². The molecular weight excluding hydrogens is 439 g/mol. The minimum Gasteiger partial charge on any atom is -0.309 e. The van der Waals surface area contributed by atoms with E-state index in [1.165, 1.54) is 20.1 Å². The fourth-order valence-electron chi connectivity index (χ4n) is 2.58. The first-order chi connectivity index (χ1) is 10.2. The number of nitrogens with zero attached hydrogens (tertiary/aromatic N) is 1. The fourth-order valence-corrected chi connectivity index (χ4v) is 3.60. The summed E-state index contributed by atoms with van der Waals surface area (Å²) in [7, 11) is 1.99. The average Bonchev–Trinajstić information content (AvgIpc) is 2.51. The van der Waals surface area contributed by atoms with Gasteiger partial charge in [0.2, 0.25) is 0 Å². The first kappa shape index (κ1) is 14.9. The minimum atomic E-state index is 0.119. The van der Waals surface area contributed by atoms with Crippen molar-refractivity contribution in [3.8, 4) is 0 Å². The summed E-state index contributed by atoms with van der Waals surface area (Å²) in [6, 6.07) is 16.9. The van der Waals surface area contributed by atoms with Crippen LogP contribution in [0.25, 0.3) is 10.9 Å². The third-order valence-electron chi connectivity index (χ3n) is 3.53. The van der Waals surface area contributed by atoms with Crippen LogP contribution in [0.15, 0.2) is 59.2 Å². The quantitative estimate of drug-likeness (QED) is 0.571. The summed E-state index contributed by atoms with van der Waals surface area (Å²) >= 11 is 5.95. The lowest BCUT2D eigenvalue weighted by atomic mass is 9.96. The SMILES string of the molecule is CNC(c1cc(Br)ccc1I)c1cccc2cccnc12. The Morgan fingerprint density at radius 3 is 2.71 bits per heavy atom. The highest BCUT2D eigenvalue weighted by atomic mass is 127. The molecule has 0 aliphatic rings. The Balaban J connectivity index is 2.21. The molecule has 0 aliphatic carbocycles. The summed E-state index contributed by atoms with van der Waals surface area (Å²) in [6.45, 7) is 0.